The normalized spacial score (nSPS) is 11.8. The number of halogens is 1. The predicted octanol–water partition coefficient (Wildman–Crippen LogP) is 3.72. The number of nitrogens with one attached hydrogen (secondary N) is 1. The Bertz CT molecular complexity index is 1450. The number of anilines is 1. The molecule has 0 unspecified atom stereocenters. The molecule has 0 aliphatic carbocycles. The molecule has 0 aromatic heterocycles. The van der Waals surface area contributed by atoms with Crippen molar-refractivity contribution < 1.29 is 32.2 Å². The van der Waals surface area contributed by atoms with Gasteiger partial charge in [0.1, 0.15) is 18.3 Å². The molecule has 3 aromatic rings. The predicted molar refractivity (Wildman–Crippen MR) is 153 cm³/mol. The summed E-state index contributed by atoms with van der Waals surface area (Å²) < 4.78 is 44.7. The van der Waals surface area contributed by atoms with Crippen molar-refractivity contribution in [2.24, 2.45) is 0 Å². The summed E-state index contributed by atoms with van der Waals surface area (Å²) in [7, 11) is 1.53. The van der Waals surface area contributed by atoms with Crippen LogP contribution in [0.2, 0.25) is 5.02 Å². The highest BCUT2D eigenvalue weighted by Crippen LogP contribution is 2.32. The first kappa shape index (κ1) is 30.6. The molecular formula is C28H32ClN3O7S. The van der Waals surface area contributed by atoms with Crippen LogP contribution in [0.4, 0.5) is 5.69 Å². The molecule has 0 heterocycles. The van der Waals surface area contributed by atoms with Crippen molar-refractivity contribution in [2.45, 2.75) is 24.4 Å². The van der Waals surface area contributed by atoms with Gasteiger partial charge in [0.05, 0.1) is 31.9 Å². The molecule has 40 heavy (non-hydrogen) atoms. The van der Waals surface area contributed by atoms with E-state index in [4.69, 9.17) is 25.8 Å². The first-order valence-corrected chi connectivity index (χ1v) is 14.0. The van der Waals surface area contributed by atoms with Crippen LogP contribution in [0.15, 0.2) is 71.6 Å². The number of nitrogens with zero attached hydrogens (tertiary/aromatic N) is 2. The Balaban J connectivity index is 2.07. The molecule has 0 saturated carbocycles. The van der Waals surface area contributed by atoms with E-state index in [2.05, 4.69) is 5.32 Å². The lowest BCUT2D eigenvalue weighted by molar-refractivity contribution is -0.139. The highest BCUT2D eigenvalue weighted by Gasteiger charge is 2.33. The fourth-order valence-corrected chi connectivity index (χ4v) is 5.56. The molecule has 3 rings (SSSR count). The zero-order valence-electron chi connectivity index (χ0n) is 22.9. The average molecular weight is 590 g/mol. The van der Waals surface area contributed by atoms with Crippen molar-refractivity contribution in [3.8, 4) is 17.2 Å². The average Bonchev–Trinajstić information content (AvgIpc) is 2.97. The van der Waals surface area contributed by atoms with Gasteiger partial charge < -0.3 is 24.4 Å². The van der Waals surface area contributed by atoms with Crippen LogP contribution in [0, 0.1) is 0 Å². The molecule has 0 saturated heterocycles. The third-order valence-corrected chi connectivity index (χ3v) is 8.26. The van der Waals surface area contributed by atoms with Crippen molar-refractivity contribution in [1.29, 1.82) is 0 Å². The number of carbonyl (C=O) groups is 2. The van der Waals surface area contributed by atoms with Crippen LogP contribution < -0.4 is 23.8 Å². The van der Waals surface area contributed by atoms with Gasteiger partial charge in [0, 0.05) is 24.7 Å². The van der Waals surface area contributed by atoms with Crippen LogP contribution in [0.25, 0.3) is 0 Å². The van der Waals surface area contributed by atoms with Gasteiger partial charge in [-0.25, -0.2) is 8.42 Å². The third kappa shape index (κ3) is 6.97. The summed E-state index contributed by atoms with van der Waals surface area (Å²) in [6, 6.07) is 16.4. The highest BCUT2D eigenvalue weighted by molar-refractivity contribution is 7.92. The van der Waals surface area contributed by atoms with E-state index in [1.807, 2.05) is 0 Å². The van der Waals surface area contributed by atoms with Gasteiger partial charge in [-0.3, -0.25) is 13.9 Å². The molecule has 0 fully saturated rings. The van der Waals surface area contributed by atoms with Gasteiger partial charge in [-0.15, -0.1) is 0 Å². The SMILES string of the molecule is CNC(=O)[C@@H](C)N(Cc1cccc(OC)c1)C(=O)CN(c1ccc(Cl)cc1)S(=O)(=O)c1ccc(OC)c(OC)c1. The number of benzene rings is 3. The largest absolute Gasteiger partial charge is 0.497 e. The summed E-state index contributed by atoms with van der Waals surface area (Å²) in [5.41, 5.74) is 0.908. The fraction of sp³-hybridized carbons (Fsp3) is 0.286. The molecule has 3 aromatic carbocycles. The minimum Gasteiger partial charge on any atom is -0.497 e. The van der Waals surface area contributed by atoms with Crippen molar-refractivity contribution in [3.63, 3.8) is 0 Å². The maximum atomic E-state index is 14.0. The molecule has 214 valence electrons. The second-order valence-corrected chi connectivity index (χ2v) is 11.0. The Morgan fingerprint density at radius 3 is 2.20 bits per heavy atom. The number of sulfonamides is 1. The van der Waals surface area contributed by atoms with E-state index < -0.39 is 34.4 Å². The van der Waals surface area contributed by atoms with Crippen LogP contribution in [0.1, 0.15) is 12.5 Å². The summed E-state index contributed by atoms with van der Waals surface area (Å²) >= 11 is 6.06. The lowest BCUT2D eigenvalue weighted by Gasteiger charge is -2.32. The van der Waals surface area contributed by atoms with Gasteiger partial charge in [0.2, 0.25) is 11.8 Å². The summed E-state index contributed by atoms with van der Waals surface area (Å²) in [6.45, 7) is 1.02. The van der Waals surface area contributed by atoms with Crippen molar-refractivity contribution in [2.75, 3.05) is 39.2 Å². The first-order chi connectivity index (χ1) is 19.0. The van der Waals surface area contributed by atoms with Crippen molar-refractivity contribution >= 4 is 39.1 Å². The van der Waals surface area contributed by atoms with Crippen molar-refractivity contribution in [3.05, 3.63) is 77.3 Å². The molecular weight excluding hydrogens is 558 g/mol. The number of likely N-dealkylation sites (N-methyl/N-ethyl adjacent to an activating group) is 1. The Morgan fingerprint density at radius 2 is 1.60 bits per heavy atom. The van der Waals surface area contributed by atoms with Gasteiger partial charge in [-0.05, 0) is 61.0 Å². The third-order valence-electron chi connectivity index (χ3n) is 6.24. The zero-order chi connectivity index (χ0) is 29.4. The Hall–Kier alpha value is -3.96. The second kappa shape index (κ2) is 13.4. The Kier molecular flexibility index (Phi) is 10.2. The van der Waals surface area contributed by atoms with Crippen LogP contribution in [0.3, 0.4) is 0 Å². The van der Waals surface area contributed by atoms with E-state index in [0.717, 1.165) is 4.31 Å². The lowest BCUT2D eigenvalue weighted by Crippen LogP contribution is -2.50. The summed E-state index contributed by atoms with van der Waals surface area (Å²) in [5, 5.41) is 2.94. The molecule has 0 radical (unpaired) electrons. The van der Waals surface area contributed by atoms with E-state index in [0.29, 0.717) is 22.1 Å². The molecule has 12 heteroatoms. The van der Waals surface area contributed by atoms with Crippen molar-refractivity contribution in [1.82, 2.24) is 10.2 Å². The van der Waals surface area contributed by atoms with Crippen LogP contribution in [-0.4, -0.2) is 66.1 Å². The van der Waals surface area contributed by atoms with E-state index in [1.165, 1.54) is 75.7 Å². The number of methoxy groups -OCH3 is 3. The highest BCUT2D eigenvalue weighted by atomic mass is 35.5. The van der Waals surface area contributed by atoms with Gasteiger partial charge in [0.15, 0.2) is 11.5 Å². The topological polar surface area (TPSA) is 114 Å². The molecule has 10 nitrogen and oxygen atoms in total. The maximum absolute atomic E-state index is 14.0. The molecule has 0 spiro atoms. The van der Waals surface area contributed by atoms with Gasteiger partial charge >= 0.3 is 0 Å². The Labute approximate surface area is 239 Å². The molecule has 0 aliphatic heterocycles. The van der Waals surface area contributed by atoms with Gasteiger partial charge in [-0.2, -0.15) is 0 Å². The van der Waals surface area contributed by atoms with E-state index in [-0.39, 0.29) is 22.9 Å². The molecule has 0 bridgehead atoms. The number of carbonyl (C=O) groups excluding carboxylic acids is 2. The molecule has 1 N–H and O–H groups in total. The van der Waals surface area contributed by atoms with E-state index in [1.54, 1.807) is 31.2 Å². The number of hydrogen-bond acceptors (Lipinski definition) is 7. The quantitative estimate of drug-likeness (QED) is 0.342. The minimum atomic E-state index is -4.30. The smallest absolute Gasteiger partial charge is 0.264 e. The summed E-state index contributed by atoms with van der Waals surface area (Å²) in [4.78, 5) is 27.7. The van der Waals surface area contributed by atoms with E-state index in [9.17, 15) is 18.0 Å². The number of hydrogen-bond donors (Lipinski definition) is 1. The Morgan fingerprint density at radius 1 is 0.925 bits per heavy atom. The van der Waals surface area contributed by atoms with Crippen LogP contribution >= 0.6 is 11.6 Å². The van der Waals surface area contributed by atoms with Gasteiger partial charge in [0.25, 0.3) is 10.0 Å². The number of ether oxygens (including phenoxy) is 3. The van der Waals surface area contributed by atoms with Crippen LogP contribution in [-0.2, 0) is 26.2 Å². The monoisotopic (exact) mass is 589 g/mol. The van der Waals surface area contributed by atoms with Gasteiger partial charge in [-0.1, -0.05) is 23.7 Å². The summed E-state index contributed by atoms with van der Waals surface area (Å²) in [6.07, 6.45) is 0. The van der Waals surface area contributed by atoms with E-state index >= 15 is 0 Å². The second-order valence-electron chi connectivity index (χ2n) is 8.67. The number of amides is 2. The molecule has 2 amide bonds. The number of rotatable bonds is 12. The zero-order valence-corrected chi connectivity index (χ0v) is 24.5. The standard InChI is InChI=1S/C28H32ClN3O7S/c1-19(28(34)30-2)31(17-20-7-6-8-23(15-20)37-3)27(33)18-32(22-11-9-21(29)10-12-22)40(35,36)24-13-14-25(38-4)26(16-24)39-5/h6-16,19H,17-18H2,1-5H3,(H,30,34)/t19-/m1/s1. The minimum absolute atomic E-state index is 0.0372. The summed E-state index contributed by atoms with van der Waals surface area (Å²) in [5.74, 6) is 0.129. The molecule has 1 atom stereocenters. The fourth-order valence-electron chi connectivity index (χ4n) is 4.00. The molecule has 0 aliphatic rings. The first-order valence-electron chi connectivity index (χ1n) is 12.2. The van der Waals surface area contributed by atoms with Crippen LogP contribution in [0.5, 0.6) is 17.2 Å². The lowest BCUT2D eigenvalue weighted by atomic mass is 10.1. The maximum Gasteiger partial charge on any atom is 0.264 e.